The molecule has 0 saturated heterocycles. The summed E-state index contributed by atoms with van der Waals surface area (Å²) in [6.45, 7) is 7.34. The van der Waals surface area contributed by atoms with E-state index in [0.29, 0.717) is 11.3 Å². The van der Waals surface area contributed by atoms with Crippen molar-refractivity contribution in [2.45, 2.75) is 51.9 Å². The molecule has 43 heavy (non-hydrogen) atoms. The highest BCUT2D eigenvalue weighted by molar-refractivity contribution is 5.92. The van der Waals surface area contributed by atoms with Gasteiger partial charge < -0.3 is 30.0 Å². The minimum Gasteiger partial charge on any atom is -0.460 e. The Morgan fingerprint density at radius 1 is 0.884 bits per heavy atom. The van der Waals surface area contributed by atoms with Crippen molar-refractivity contribution in [3.8, 4) is 5.75 Å². The first-order valence-corrected chi connectivity index (χ1v) is 13.5. The molecule has 13 nitrogen and oxygen atoms in total. The number of rotatable bonds is 16. The number of carbonyl (C=O) groups is 5. The van der Waals surface area contributed by atoms with Gasteiger partial charge in [-0.15, -0.1) is 0 Å². The van der Waals surface area contributed by atoms with E-state index in [1.54, 1.807) is 38.1 Å². The number of benzene rings is 2. The Morgan fingerprint density at radius 2 is 1.56 bits per heavy atom. The fourth-order valence-corrected chi connectivity index (χ4v) is 3.53. The molecule has 0 bridgehead atoms. The van der Waals surface area contributed by atoms with E-state index in [1.165, 1.54) is 13.0 Å². The van der Waals surface area contributed by atoms with Crippen LogP contribution in [0.5, 0.6) is 5.75 Å². The van der Waals surface area contributed by atoms with Gasteiger partial charge in [0.25, 0.3) is 0 Å². The van der Waals surface area contributed by atoms with Gasteiger partial charge in [0.15, 0.2) is 0 Å². The third-order valence-corrected chi connectivity index (χ3v) is 5.87. The van der Waals surface area contributed by atoms with Crippen LogP contribution in [-0.4, -0.2) is 66.3 Å². The van der Waals surface area contributed by atoms with Crippen molar-refractivity contribution in [3.63, 3.8) is 0 Å². The molecular weight excluding hydrogens is 560 g/mol. The van der Waals surface area contributed by atoms with E-state index < -0.39 is 54.6 Å². The third kappa shape index (κ3) is 12.3. The van der Waals surface area contributed by atoms with Crippen molar-refractivity contribution in [2.24, 2.45) is 5.92 Å². The molecule has 0 aliphatic heterocycles. The first-order valence-electron chi connectivity index (χ1n) is 13.5. The minimum absolute atomic E-state index is 0.0324. The first kappa shape index (κ1) is 34.5. The number of carbonyl (C=O) groups excluding carboxylic acids is 5. The van der Waals surface area contributed by atoms with Crippen LogP contribution >= 0.6 is 0 Å². The van der Waals surface area contributed by atoms with Gasteiger partial charge in [-0.2, -0.15) is 0 Å². The zero-order valence-corrected chi connectivity index (χ0v) is 24.3. The van der Waals surface area contributed by atoms with Crippen molar-refractivity contribution in [3.05, 3.63) is 78.4 Å². The van der Waals surface area contributed by atoms with Gasteiger partial charge in [-0.25, -0.2) is 15.0 Å². The lowest BCUT2D eigenvalue weighted by molar-refractivity contribution is -0.146. The Morgan fingerprint density at radius 3 is 2.16 bits per heavy atom. The predicted octanol–water partition coefficient (Wildman–Crippen LogP) is 1.30. The summed E-state index contributed by atoms with van der Waals surface area (Å²) in [6, 6.07) is 12.2. The summed E-state index contributed by atoms with van der Waals surface area (Å²) in [6.07, 6.45) is 0.631. The Balaban J connectivity index is 1.81. The average Bonchev–Trinajstić information content (AvgIpc) is 2.98. The number of amides is 3. The van der Waals surface area contributed by atoms with E-state index in [2.05, 4.69) is 28.1 Å². The molecule has 0 unspecified atom stereocenters. The predicted molar refractivity (Wildman–Crippen MR) is 155 cm³/mol. The van der Waals surface area contributed by atoms with Gasteiger partial charge in [0.2, 0.25) is 11.8 Å². The third-order valence-electron chi connectivity index (χ3n) is 5.87. The summed E-state index contributed by atoms with van der Waals surface area (Å²) in [5.74, 6) is -2.62. The van der Waals surface area contributed by atoms with Crippen molar-refractivity contribution in [1.29, 1.82) is 0 Å². The molecule has 0 radical (unpaired) electrons. The van der Waals surface area contributed by atoms with Gasteiger partial charge in [0.1, 0.15) is 37.1 Å². The van der Waals surface area contributed by atoms with Crippen LogP contribution in [0.4, 0.5) is 4.79 Å². The highest BCUT2D eigenvalue weighted by Crippen LogP contribution is 2.14. The maximum atomic E-state index is 12.8. The molecule has 2 rings (SSSR count). The van der Waals surface area contributed by atoms with Gasteiger partial charge >= 0.3 is 18.0 Å². The second-order valence-electron chi connectivity index (χ2n) is 9.74. The summed E-state index contributed by atoms with van der Waals surface area (Å²) < 4.78 is 15.4. The van der Waals surface area contributed by atoms with Crippen molar-refractivity contribution in [2.75, 3.05) is 13.2 Å². The maximum Gasteiger partial charge on any atom is 0.421 e. The molecule has 13 heteroatoms. The molecule has 0 aromatic heterocycles. The number of nitrogens with one attached hydrogen (secondary N) is 4. The van der Waals surface area contributed by atoms with Crippen molar-refractivity contribution in [1.82, 2.24) is 21.5 Å². The molecule has 2 aromatic rings. The molecule has 0 aliphatic carbocycles. The summed E-state index contributed by atoms with van der Waals surface area (Å²) in [5, 5.41) is 14.4. The first-order chi connectivity index (χ1) is 20.5. The van der Waals surface area contributed by atoms with Crippen molar-refractivity contribution < 1.29 is 43.3 Å². The van der Waals surface area contributed by atoms with E-state index in [-0.39, 0.29) is 25.6 Å². The van der Waals surface area contributed by atoms with Crippen molar-refractivity contribution >= 4 is 29.8 Å². The molecule has 3 amide bonds. The van der Waals surface area contributed by atoms with Gasteiger partial charge in [-0.05, 0) is 36.1 Å². The molecule has 0 fully saturated rings. The number of hydrazine groups is 1. The quantitative estimate of drug-likeness (QED) is 0.0818. The number of ether oxygens (including phenoxy) is 3. The summed E-state index contributed by atoms with van der Waals surface area (Å²) in [7, 11) is 0. The molecule has 3 atom stereocenters. The van der Waals surface area contributed by atoms with Gasteiger partial charge in [-0.1, -0.05) is 69.0 Å². The zero-order chi connectivity index (χ0) is 31.8. The number of hydrogen-bond acceptors (Lipinski definition) is 10. The van der Waals surface area contributed by atoms with E-state index in [9.17, 15) is 29.1 Å². The highest BCUT2D eigenvalue weighted by atomic mass is 16.6. The smallest absolute Gasteiger partial charge is 0.421 e. The van der Waals surface area contributed by atoms with E-state index in [0.717, 1.165) is 5.56 Å². The molecule has 232 valence electrons. The molecule has 2 aromatic carbocycles. The fraction of sp³-hybridized carbons (Fsp3) is 0.367. The SMILES string of the molecule is C=CCOC(=O)[C@H](C)NC(=O)[C@H](CO)NC(=O)[C@@H](NNC(=O)OCc1ccc(OC(=O)Cc2ccccc2)cc1)C(C)C. The molecule has 0 aliphatic rings. The highest BCUT2D eigenvalue weighted by Gasteiger charge is 2.29. The molecule has 0 saturated carbocycles. The minimum atomic E-state index is -1.36. The summed E-state index contributed by atoms with van der Waals surface area (Å²) >= 11 is 0. The van der Waals surface area contributed by atoms with Crippen LogP contribution in [0, 0.1) is 5.92 Å². The fourth-order valence-electron chi connectivity index (χ4n) is 3.53. The summed E-state index contributed by atoms with van der Waals surface area (Å²) in [5.41, 5.74) is 6.31. The van der Waals surface area contributed by atoms with Crippen LogP contribution in [0.3, 0.4) is 0 Å². The summed E-state index contributed by atoms with van der Waals surface area (Å²) in [4.78, 5) is 61.5. The van der Waals surface area contributed by atoms with Gasteiger partial charge in [0, 0.05) is 0 Å². The number of esters is 2. The van der Waals surface area contributed by atoms with Crippen LogP contribution in [0.25, 0.3) is 0 Å². The Bertz CT molecular complexity index is 1240. The standard InChI is InChI=1S/C30H38N4O9/c1-5-15-41-29(39)20(4)31-27(37)24(17-35)32-28(38)26(19(2)3)33-34-30(40)42-18-22-11-13-23(14-12-22)43-25(36)16-21-9-7-6-8-10-21/h5-14,19-20,24,26,33,35H,1,15-18H2,2-4H3,(H,31,37)(H,32,38)(H,34,40)/t20-,24-,26-/m0/s1. The second-order valence-corrected chi connectivity index (χ2v) is 9.74. The monoisotopic (exact) mass is 598 g/mol. The van der Waals surface area contributed by atoms with Crippen LogP contribution in [0.1, 0.15) is 31.9 Å². The average molecular weight is 599 g/mol. The normalized spacial score (nSPS) is 12.7. The second kappa shape index (κ2) is 17.9. The Labute approximate surface area is 249 Å². The number of aliphatic hydroxyl groups excluding tert-OH is 1. The number of hydrogen-bond donors (Lipinski definition) is 5. The zero-order valence-electron chi connectivity index (χ0n) is 24.3. The van der Waals surface area contributed by atoms with Crippen LogP contribution in [0.15, 0.2) is 67.3 Å². The topological polar surface area (TPSA) is 181 Å². The van der Waals surface area contributed by atoms with Crippen LogP contribution < -0.4 is 26.2 Å². The van der Waals surface area contributed by atoms with E-state index >= 15 is 0 Å². The van der Waals surface area contributed by atoms with Crippen LogP contribution in [0.2, 0.25) is 0 Å². The van der Waals surface area contributed by atoms with Crippen LogP contribution in [-0.2, 0) is 41.7 Å². The molecular formula is C30H38N4O9. The molecule has 0 spiro atoms. The Hall–Kier alpha value is -4.75. The lowest BCUT2D eigenvalue weighted by Gasteiger charge is -2.25. The largest absolute Gasteiger partial charge is 0.460 e. The molecule has 5 N–H and O–H groups in total. The van der Waals surface area contributed by atoms with E-state index in [4.69, 9.17) is 14.2 Å². The van der Waals surface area contributed by atoms with Gasteiger partial charge in [0.05, 0.1) is 13.0 Å². The van der Waals surface area contributed by atoms with Gasteiger partial charge in [-0.3, -0.25) is 19.8 Å². The Kier molecular flexibility index (Phi) is 14.4. The maximum absolute atomic E-state index is 12.8. The van der Waals surface area contributed by atoms with E-state index in [1.807, 2.05) is 30.3 Å². The number of aliphatic hydroxyl groups is 1. The lowest BCUT2D eigenvalue weighted by Crippen LogP contribution is -2.59. The molecule has 0 heterocycles. The lowest BCUT2D eigenvalue weighted by atomic mass is 10.0.